The summed E-state index contributed by atoms with van der Waals surface area (Å²) in [7, 11) is 0. The molecule has 1 fully saturated rings. The van der Waals surface area contributed by atoms with E-state index >= 15 is 0 Å². The van der Waals surface area contributed by atoms with Crippen molar-refractivity contribution in [3.05, 3.63) is 0 Å². The van der Waals surface area contributed by atoms with E-state index in [-0.39, 0.29) is 5.60 Å². The van der Waals surface area contributed by atoms with Crippen LogP contribution < -0.4 is 0 Å². The Morgan fingerprint density at radius 1 is 1.29 bits per heavy atom. The van der Waals surface area contributed by atoms with Crippen LogP contribution in [0, 0.1) is 11.8 Å². The van der Waals surface area contributed by atoms with E-state index in [1.54, 1.807) is 0 Å². The summed E-state index contributed by atoms with van der Waals surface area (Å²) in [4.78, 5) is 0. The Bertz CT molecular complexity index is 197. The molecule has 1 saturated carbocycles. The third-order valence-corrected chi connectivity index (χ3v) is 5.68. The first-order valence-corrected chi connectivity index (χ1v) is 8.88. The van der Waals surface area contributed by atoms with E-state index in [9.17, 15) is 0 Å². The molecule has 1 rings (SSSR count). The predicted octanol–water partition coefficient (Wildman–Crippen LogP) is 5.21. The van der Waals surface area contributed by atoms with Crippen molar-refractivity contribution in [1.82, 2.24) is 0 Å². The summed E-state index contributed by atoms with van der Waals surface area (Å²) in [6, 6.07) is 0. The van der Waals surface area contributed by atoms with Gasteiger partial charge in [-0.05, 0) is 43.9 Å². The number of rotatable bonds is 7. The van der Waals surface area contributed by atoms with E-state index in [0.29, 0.717) is 0 Å². The lowest BCUT2D eigenvalue weighted by atomic mass is 9.78. The average Bonchev–Trinajstić information content (AvgIpc) is 2.37. The smallest absolute Gasteiger partial charge is 0.0771 e. The lowest BCUT2D eigenvalue weighted by molar-refractivity contribution is -0.0714. The minimum absolute atomic E-state index is 0.216. The van der Waals surface area contributed by atoms with Crippen LogP contribution in [0.1, 0.15) is 65.7 Å². The lowest BCUT2D eigenvalue weighted by Crippen LogP contribution is -2.40. The van der Waals surface area contributed by atoms with Crippen LogP contribution in [0.5, 0.6) is 0 Å². The molecule has 0 aromatic rings. The van der Waals surface area contributed by atoms with Gasteiger partial charge in [0.25, 0.3) is 0 Å². The second-order valence-corrected chi connectivity index (χ2v) is 6.64. The van der Waals surface area contributed by atoms with Crippen LogP contribution in [0.3, 0.4) is 0 Å². The zero-order valence-corrected chi connectivity index (χ0v) is 14.0. The van der Waals surface area contributed by atoms with Crippen LogP contribution in [-0.4, -0.2) is 16.6 Å². The Kier molecular flexibility index (Phi) is 7.39. The van der Waals surface area contributed by atoms with Crippen molar-refractivity contribution in [2.24, 2.45) is 11.8 Å². The fourth-order valence-corrected chi connectivity index (χ4v) is 3.81. The van der Waals surface area contributed by atoms with Gasteiger partial charge in [-0.1, -0.05) is 56.2 Å². The molecule has 0 aliphatic heterocycles. The number of ether oxygens (including phenoxy) is 1. The van der Waals surface area contributed by atoms with Gasteiger partial charge in [0.1, 0.15) is 0 Å². The summed E-state index contributed by atoms with van der Waals surface area (Å²) in [5, 5.41) is 0. The third kappa shape index (κ3) is 5.06. The minimum atomic E-state index is 0.216. The van der Waals surface area contributed by atoms with Gasteiger partial charge in [-0.15, -0.1) is 0 Å². The van der Waals surface area contributed by atoms with Crippen LogP contribution in [0.25, 0.3) is 0 Å². The van der Waals surface area contributed by atoms with Gasteiger partial charge in [-0.3, -0.25) is 0 Å². The highest BCUT2D eigenvalue weighted by atomic mass is 127. The molecule has 0 bridgehead atoms. The number of hydrogen-bond donors (Lipinski definition) is 0. The van der Waals surface area contributed by atoms with E-state index < -0.39 is 0 Å². The summed E-state index contributed by atoms with van der Waals surface area (Å²) in [5.41, 5.74) is 0.216. The molecule has 1 aliphatic carbocycles. The van der Waals surface area contributed by atoms with Crippen LogP contribution in [0.4, 0.5) is 0 Å². The van der Waals surface area contributed by atoms with Gasteiger partial charge in [-0.25, -0.2) is 0 Å². The zero-order chi connectivity index (χ0) is 12.7. The number of halogens is 1. The minimum Gasteiger partial charge on any atom is -0.374 e. The predicted molar refractivity (Wildman–Crippen MR) is 83.9 cm³/mol. The summed E-state index contributed by atoms with van der Waals surface area (Å²) in [6.07, 6.45) is 9.25. The first-order chi connectivity index (χ1) is 8.15. The number of hydrogen-bond acceptors (Lipinski definition) is 1. The molecule has 1 atom stereocenters. The average molecular weight is 352 g/mol. The normalized spacial score (nSPS) is 31.4. The van der Waals surface area contributed by atoms with E-state index in [2.05, 4.69) is 43.4 Å². The topological polar surface area (TPSA) is 9.23 Å². The third-order valence-electron chi connectivity index (χ3n) is 4.29. The molecule has 2 heteroatoms. The highest BCUT2D eigenvalue weighted by molar-refractivity contribution is 14.1. The molecule has 0 amide bonds. The Morgan fingerprint density at radius 3 is 2.41 bits per heavy atom. The van der Waals surface area contributed by atoms with Gasteiger partial charge >= 0.3 is 0 Å². The first-order valence-electron chi connectivity index (χ1n) is 7.35. The molecular formula is C15H29IO. The van der Waals surface area contributed by atoms with Crippen molar-refractivity contribution >= 4 is 22.6 Å². The molecule has 0 aromatic carbocycles. The molecule has 1 aliphatic rings. The van der Waals surface area contributed by atoms with Gasteiger partial charge in [0.15, 0.2) is 0 Å². The standard InChI is InChI=1S/C15H29IO/c1-4-6-13(3)11-17-15(12-16)9-7-14(5-2)8-10-15/h13-14H,4-12H2,1-3H3. The highest BCUT2D eigenvalue weighted by Crippen LogP contribution is 2.37. The summed E-state index contributed by atoms with van der Waals surface area (Å²) in [5.74, 6) is 1.69. The maximum absolute atomic E-state index is 6.32. The van der Waals surface area contributed by atoms with Crippen molar-refractivity contribution in [3.63, 3.8) is 0 Å². The Hall–Kier alpha value is 0.690. The highest BCUT2D eigenvalue weighted by Gasteiger charge is 2.34. The summed E-state index contributed by atoms with van der Waals surface area (Å²) < 4.78 is 7.49. The fourth-order valence-electron chi connectivity index (χ4n) is 2.82. The summed E-state index contributed by atoms with van der Waals surface area (Å²) >= 11 is 2.52. The largest absolute Gasteiger partial charge is 0.374 e. The first kappa shape index (κ1) is 15.7. The molecule has 1 unspecified atom stereocenters. The molecule has 0 aromatic heterocycles. The van der Waals surface area contributed by atoms with Crippen molar-refractivity contribution in [2.45, 2.75) is 71.3 Å². The second-order valence-electron chi connectivity index (χ2n) is 5.87. The van der Waals surface area contributed by atoms with Crippen molar-refractivity contribution in [3.8, 4) is 0 Å². The zero-order valence-electron chi connectivity index (χ0n) is 11.8. The molecule has 0 saturated heterocycles. The number of alkyl halides is 1. The molecule has 1 nitrogen and oxygen atoms in total. The SMILES string of the molecule is CCCC(C)COC1(CI)CCC(CC)CC1. The molecule has 0 heterocycles. The monoisotopic (exact) mass is 352 g/mol. The Balaban J connectivity index is 2.37. The summed E-state index contributed by atoms with van der Waals surface area (Å²) in [6.45, 7) is 7.87. The van der Waals surface area contributed by atoms with Crippen molar-refractivity contribution in [1.29, 1.82) is 0 Å². The fraction of sp³-hybridized carbons (Fsp3) is 1.00. The molecule has 0 radical (unpaired) electrons. The van der Waals surface area contributed by atoms with Crippen molar-refractivity contribution in [2.75, 3.05) is 11.0 Å². The quantitative estimate of drug-likeness (QED) is 0.451. The molecule has 0 spiro atoms. The van der Waals surface area contributed by atoms with Crippen LogP contribution in [-0.2, 0) is 4.74 Å². The molecule has 0 N–H and O–H groups in total. The van der Waals surface area contributed by atoms with Crippen LogP contribution in [0.2, 0.25) is 0 Å². The second kappa shape index (κ2) is 7.98. The van der Waals surface area contributed by atoms with Gasteiger partial charge < -0.3 is 4.74 Å². The maximum Gasteiger partial charge on any atom is 0.0771 e. The van der Waals surface area contributed by atoms with E-state index in [0.717, 1.165) is 18.4 Å². The molecule has 102 valence electrons. The maximum atomic E-state index is 6.32. The van der Waals surface area contributed by atoms with E-state index in [4.69, 9.17) is 4.74 Å². The van der Waals surface area contributed by atoms with E-state index in [1.165, 1.54) is 49.4 Å². The van der Waals surface area contributed by atoms with Gasteiger partial charge in [0.2, 0.25) is 0 Å². The van der Waals surface area contributed by atoms with E-state index in [1.807, 2.05) is 0 Å². The van der Waals surface area contributed by atoms with Gasteiger partial charge in [0, 0.05) is 11.0 Å². The Morgan fingerprint density at radius 2 is 1.94 bits per heavy atom. The van der Waals surface area contributed by atoms with Gasteiger partial charge in [0.05, 0.1) is 5.60 Å². The molecular weight excluding hydrogens is 323 g/mol. The van der Waals surface area contributed by atoms with Crippen LogP contribution >= 0.6 is 22.6 Å². The Labute approximate surface area is 121 Å². The van der Waals surface area contributed by atoms with Crippen LogP contribution in [0.15, 0.2) is 0 Å². The van der Waals surface area contributed by atoms with Gasteiger partial charge in [-0.2, -0.15) is 0 Å². The van der Waals surface area contributed by atoms with Crippen molar-refractivity contribution < 1.29 is 4.74 Å². The lowest BCUT2D eigenvalue weighted by Gasteiger charge is -2.39. The molecule has 17 heavy (non-hydrogen) atoms.